The van der Waals surface area contributed by atoms with Crippen molar-refractivity contribution in [1.29, 1.82) is 0 Å². The zero-order valence-corrected chi connectivity index (χ0v) is 17.8. The summed E-state index contributed by atoms with van der Waals surface area (Å²) < 4.78 is 40.9. The number of rotatable bonds is 7. The highest BCUT2D eigenvalue weighted by molar-refractivity contribution is 7.99. The van der Waals surface area contributed by atoms with E-state index in [-0.39, 0.29) is 5.75 Å². The monoisotopic (exact) mass is 451 g/mol. The Hall–Kier alpha value is -2.26. The van der Waals surface area contributed by atoms with Crippen LogP contribution in [0, 0.1) is 0 Å². The van der Waals surface area contributed by atoms with Crippen LogP contribution in [-0.4, -0.2) is 54.8 Å². The molecule has 9 heteroatoms. The number of alkyl halides is 3. The average Bonchev–Trinajstić information content (AvgIpc) is 3.41. The number of benzene rings is 1. The molecule has 3 heterocycles. The molecule has 2 fully saturated rings. The van der Waals surface area contributed by atoms with Crippen LogP contribution in [0.2, 0.25) is 0 Å². The minimum atomic E-state index is -4.71. The number of ether oxygens (including phenoxy) is 1. The maximum Gasteiger partial charge on any atom is 0.573 e. The Balaban J connectivity index is 1.50. The van der Waals surface area contributed by atoms with Gasteiger partial charge in [0.1, 0.15) is 16.6 Å². The van der Waals surface area contributed by atoms with Crippen LogP contribution in [0.5, 0.6) is 5.75 Å². The lowest BCUT2D eigenvalue weighted by atomic mass is 10.2. The highest BCUT2D eigenvalue weighted by Crippen LogP contribution is 2.33. The minimum Gasteiger partial charge on any atom is -0.406 e. The average molecular weight is 452 g/mol. The Morgan fingerprint density at radius 3 is 2.48 bits per heavy atom. The smallest absolute Gasteiger partial charge is 0.406 e. The van der Waals surface area contributed by atoms with Gasteiger partial charge in [-0.25, -0.2) is 4.98 Å². The van der Waals surface area contributed by atoms with E-state index in [4.69, 9.17) is 4.98 Å². The number of hydrogen-bond donors (Lipinski definition) is 0. The fourth-order valence-corrected chi connectivity index (χ4v) is 5.00. The van der Waals surface area contributed by atoms with Gasteiger partial charge >= 0.3 is 6.36 Å². The van der Waals surface area contributed by atoms with Crippen LogP contribution >= 0.6 is 11.8 Å². The molecule has 0 saturated carbocycles. The Bertz CT molecular complexity index is 902. The van der Waals surface area contributed by atoms with Crippen LogP contribution in [0.25, 0.3) is 0 Å². The summed E-state index contributed by atoms with van der Waals surface area (Å²) >= 11 is 1.34. The molecule has 0 N–H and O–H groups in total. The molecule has 0 unspecified atom stereocenters. The van der Waals surface area contributed by atoms with E-state index in [0.717, 1.165) is 50.2 Å². The molecule has 31 heavy (non-hydrogen) atoms. The highest BCUT2D eigenvalue weighted by Gasteiger charge is 2.31. The van der Waals surface area contributed by atoms with Crippen molar-refractivity contribution in [1.82, 2.24) is 9.88 Å². The second kappa shape index (κ2) is 9.48. The lowest BCUT2D eigenvalue weighted by Gasteiger charge is -2.30. The van der Waals surface area contributed by atoms with Crippen molar-refractivity contribution in [2.45, 2.75) is 48.0 Å². The van der Waals surface area contributed by atoms with Crippen LogP contribution in [0.3, 0.4) is 0 Å². The van der Waals surface area contributed by atoms with Crippen LogP contribution in [0.4, 0.5) is 19.0 Å². The lowest BCUT2D eigenvalue weighted by molar-refractivity contribution is -0.274. The summed E-state index contributed by atoms with van der Waals surface area (Å²) in [6.07, 6.45) is 0.750. The summed E-state index contributed by atoms with van der Waals surface area (Å²) in [6.45, 7) is 4.10. The van der Waals surface area contributed by atoms with Gasteiger partial charge in [0, 0.05) is 24.0 Å². The van der Waals surface area contributed by atoms with Gasteiger partial charge in [-0.3, -0.25) is 4.79 Å². The predicted octanol–water partition coefficient (Wildman–Crippen LogP) is 5.01. The van der Waals surface area contributed by atoms with E-state index in [1.807, 2.05) is 0 Å². The molecule has 1 atom stereocenters. The summed E-state index contributed by atoms with van der Waals surface area (Å²) in [6, 6.07) is 9.56. The van der Waals surface area contributed by atoms with Gasteiger partial charge in [0.2, 0.25) is 0 Å². The van der Waals surface area contributed by atoms with Crippen molar-refractivity contribution in [3.63, 3.8) is 0 Å². The standard InChI is InChI=1S/C22H24F3N3O2S/c23-22(24,25)30-18-6-8-19(9-7-18)31-20-10-5-16(15-29)21(26-20)28-13-3-4-17(28)14-27-11-1-2-12-27/h5-10,15,17H,1-4,11-14H2/t17-/m0/s1. The van der Waals surface area contributed by atoms with Crippen molar-refractivity contribution in [3.8, 4) is 5.75 Å². The number of halogens is 3. The van der Waals surface area contributed by atoms with E-state index in [0.29, 0.717) is 22.4 Å². The zero-order valence-electron chi connectivity index (χ0n) is 17.0. The van der Waals surface area contributed by atoms with E-state index in [9.17, 15) is 18.0 Å². The topological polar surface area (TPSA) is 45.7 Å². The van der Waals surface area contributed by atoms with E-state index in [1.54, 1.807) is 24.3 Å². The van der Waals surface area contributed by atoms with Gasteiger partial charge in [-0.1, -0.05) is 11.8 Å². The minimum absolute atomic E-state index is 0.261. The number of aldehydes is 1. The number of likely N-dealkylation sites (tertiary alicyclic amines) is 1. The van der Waals surface area contributed by atoms with E-state index >= 15 is 0 Å². The Morgan fingerprint density at radius 1 is 1.06 bits per heavy atom. The SMILES string of the molecule is O=Cc1ccc(Sc2ccc(OC(F)(F)F)cc2)nc1N1CCC[C@H]1CN1CCCC1. The van der Waals surface area contributed by atoms with Crippen LogP contribution in [-0.2, 0) is 0 Å². The fourth-order valence-electron chi connectivity index (χ4n) is 4.22. The second-order valence-corrected chi connectivity index (χ2v) is 8.89. The normalized spacial score (nSPS) is 19.7. The van der Waals surface area contributed by atoms with Crippen LogP contribution in [0.1, 0.15) is 36.0 Å². The molecular formula is C22H24F3N3O2S. The van der Waals surface area contributed by atoms with E-state index in [1.165, 1.54) is 36.7 Å². The number of hydrogen-bond acceptors (Lipinski definition) is 6. The van der Waals surface area contributed by atoms with Crippen molar-refractivity contribution in [3.05, 3.63) is 42.0 Å². The number of aromatic nitrogens is 1. The Morgan fingerprint density at radius 2 is 1.81 bits per heavy atom. The third-order valence-corrected chi connectivity index (χ3v) is 6.55. The van der Waals surface area contributed by atoms with Crippen LogP contribution in [0.15, 0.2) is 46.3 Å². The molecule has 0 spiro atoms. The first-order valence-electron chi connectivity index (χ1n) is 10.4. The molecular weight excluding hydrogens is 427 g/mol. The molecule has 1 aromatic heterocycles. The fraction of sp³-hybridized carbons (Fsp3) is 0.455. The van der Waals surface area contributed by atoms with E-state index < -0.39 is 6.36 Å². The molecule has 2 saturated heterocycles. The molecule has 0 aliphatic carbocycles. The number of anilines is 1. The predicted molar refractivity (Wildman–Crippen MR) is 113 cm³/mol. The molecule has 2 aliphatic rings. The van der Waals surface area contributed by atoms with Gasteiger partial charge in [-0.05, 0) is 75.2 Å². The van der Waals surface area contributed by atoms with Crippen molar-refractivity contribution >= 4 is 23.9 Å². The summed E-state index contributed by atoms with van der Waals surface area (Å²) in [4.78, 5) is 21.9. The maximum absolute atomic E-state index is 12.3. The van der Waals surface area contributed by atoms with Gasteiger partial charge in [0.25, 0.3) is 0 Å². The largest absolute Gasteiger partial charge is 0.573 e. The summed E-state index contributed by atoms with van der Waals surface area (Å²) in [5.41, 5.74) is 0.562. The first kappa shape index (κ1) is 22.0. The first-order valence-corrected chi connectivity index (χ1v) is 11.2. The number of carbonyl (C=O) groups excluding carboxylic acids is 1. The molecule has 0 amide bonds. The van der Waals surface area contributed by atoms with Crippen LogP contribution < -0.4 is 9.64 Å². The molecule has 0 bridgehead atoms. The van der Waals surface area contributed by atoms with Crippen molar-refractivity contribution < 1.29 is 22.7 Å². The van der Waals surface area contributed by atoms with E-state index in [2.05, 4.69) is 14.5 Å². The number of pyridine rings is 1. The summed E-state index contributed by atoms with van der Waals surface area (Å²) in [5, 5.41) is 0.692. The number of carbonyl (C=O) groups is 1. The molecule has 0 radical (unpaired) electrons. The Labute approximate surface area is 183 Å². The van der Waals surface area contributed by atoms with Gasteiger partial charge in [-0.15, -0.1) is 13.2 Å². The molecule has 5 nitrogen and oxygen atoms in total. The second-order valence-electron chi connectivity index (χ2n) is 7.80. The quantitative estimate of drug-likeness (QED) is 0.552. The van der Waals surface area contributed by atoms with Gasteiger partial charge < -0.3 is 14.5 Å². The molecule has 1 aromatic carbocycles. The maximum atomic E-state index is 12.3. The zero-order chi connectivity index (χ0) is 21.8. The molecule has 166 valence electrons. The van der Waals surface area contributed by atoms with Gasteiger partial charge in [0.15, 0.2) is 6.29 Å². The van der Waals surface area contributed by atoms with Crippen molar-refractivity contribution in [2.24, 2.45) is 0 Å². The Kier molecular flexibility index (Phi) is 6.71. The van der Waals surface area contributed by atoms with Crippen molar-refractivity contribution in [2.75, 3.05) is 31.1 Å². The third-order valence-electron chi connectivity index (χ3n) is 5.60. The summed E-state index contributed by atoms with van der Waals surface area (Å²) in [5.74, 6) is 0.433. The molecule has 4 rings (SSSR count). The number of nitrogens with zero attached hydrogens (tertiary/aromatic N) is 3. The van der Waals surface area contributed by atoms with Gasteiger partial charge in [0.05, 0.1) is 5.56 Å². The molecule has 2 aliphatic heterocycles. The highest BCUT2D eigenvalue weighted by atomic mass is 32.2. The molecule has 2 aromatic rings. The third kappa shape index (κ3) is 5.71. The summed E-state index contributed by atoms with van der Waals surface area (Å²) in [7, 11) is 0. The van der Waals surface area contributed by atoms with Gasteiger partial charge in [-0.2, -0.15) is 0 Å². The first-order chi connectivity index (χ1) is 14.9. The lowest BCUT2D eigenvalue weighted by Crippen LogP contribution is -2.40.